The van der Waals surface area contributed by atoms with Crippen LogP contribution in [0.1, 0.15) is 11.1 Å². The Morgan fingerprint density at radius 2 is 0.952 bits per heavy atom. The van der Waals surface area contributed by atoms with E-state index in [2.05, 4.69) is 9.47 Å². The number of nitriles is 2. The Bertz CT molecular complexity index is 1730. The number of benzene rings is 4. The second kappa shape index (κ2) is 10.2. The second-order valence-electron chi connectivity index (χ2n) is 8.88. The summed E-state index contributed by atoms with van der Waals surface area (Å²) < 4.78 is 117. The summed E-state index contributed by atoms with van der Waals surface area (Å²) in [5.74, 6) is -3.18. The molecule has 12 heteroatoms. The van der Waals surface area contributed by atoms with Crippen LogP contribution < -0.4 is 9.47 Å². The Hall–Kier alpha value is -5.36. The smallest absolute Gasteiger partial charge is 0.405 e. The molecule has 0 heterocycles. The fraction of sp³-hybridized carbons (Fsp3) is 0.0667. The molecule has 0 aliphatic heterocycles. The normalized spacial score (nSPS) is 12.2. The van der Waals surface area contributed by atoms with Crippen molar-refractivity contribution < 1.29 is 44.6 Å². The summed E-state index contributed by atoms with van der Waals surface area (Å²) in [6.07, 6.45) is -10.4. The zero-order valence-corrected chi connectivity index (χ0v) is 20.7. The van der Waals surface area contributed by atoms with Crippen LogP contribution in [0.3, 0.4) is 0 Å². The molecule has 0 N–H and O–H groups in total. The number of halogens is 8. The molecule has 0 bridgehead atoms. The first-order valence-corrected chi connectivity index (χ1v) is 11.7. The third-order valence-electron chi connectivity index (χ3n) is 6.26. The zero-order valence-electron chi connectivity index (χ0n) is 20.7. The molecule has 0 unspecified atom stereocenters. The predicted octanol–water partition coefficient (Wildman–Crippen LogP) is 8.93. The Morgan fingerprint density at radius 1 is 0.548 bits per heavy atom. The number of ether oxygens (including phenoxy) is 2. The van der Waals surface area contributed by atoms with Crippen LogP contribution in [0, 0.1) is 34.3 Å². The largest absolute Gasteiger partial charge is 0.573 e. The minimum atomic E-state index is -5.21. The molecular formula is C30H12F8N2O2. The first kappa shape index (κ1) is 28.2. The summed E-state index contributed by atoms with van der Waals surface area (Å²) in [6, 6.07) is 16.5. The predicted molar refractivity (Wildman–Crippen MR) is 133 cm³/mol. The van der Waals surface area contributed by atoms with E-state index in [1.165, 1.54) is 36.4 Å². The summed E-state index contributed by atoms with van der Waals surface area (Å²) in [5.41, 5.74) is -1.54. The Kier molecular flexibility index (Phi) is 6.87. The fourth-order valence-corrected chi connectivity index (χ4v) is 4.75. The molecule has 0 radical (unpaired) electrons. The Morgan fingerprint density at radius 3 is 1.29 bits per heavy atom. The van der Waals surface area contributed by atoms with Gasteiger partial charge < -0.3 is 9.47 Å². The van der Waals surface area contributed by atoms with Gasteiger partial charge in [-0.25, -0.2) is 8.78 Å². The highest BCUT2D eigenvalue weighted by Gasteiger charge is 2.37. The van der Waals surface area contributed by atoms with Crippen molar-refractivity contribution in [2.45, 2.75) is 12.7 Å². The lowest BCUT2D eigenvalue weighted by Crippen LogP contribution is -2.17. The van der Waals surface area contributed by atoms with Crippen molar-refractivity contribution in [2.75, 3.05) is 0 Å². The maximum atomic E-state index is 14.1. The zero-order chi connectivity index (χ0) is 30.4. The molecular weight excluding hydrogens is 572 g/mol. The highest BCUT2D eigenvalue weighted by molar-refractivity contribution is 6.07. The van der Waals surface area contributed by atoms with Gasteiger partial charge in [-0.05, 0) is 81.9 Å². The molecule has 0 atom stereocenters. The van der Waals surface area contributed by atoms with E-state index in [-0.39, 0.29) is 50.1 Å². The van der Waals surface area contributed by atoms with Gasteiger partial charge in [-0.2, -0.15) is 10.5 Å². The number of hydrogen-bond acceptors (Lipinski definition) is 4. The fourth-order valence-electron chi connectivity index (χ4n) is 4.75. The van der Waals surface area contributed by atoms with Crippen molar-refractivity contribution in [3.63, 3.8) is 0 Å². The van der Waals surface area contributed by atoms with E-state index in [0.29, 0.717) is 0 Å². The van der Waals surface area contributed by atoms with E-state index in [1.54, 1.807) is 12.1 Å². The molecule has 4 nitrogen and oxygen atoms in total. The summed E-state index contributed by atoms with van der Waals surface area (Å²) in [5, 5.41) is 19.3. The molecule has 4 aromatic rings. The second-order valence-corrected chi connectivity index (χ2v) is 8.88. The molecule has 0 spiro atoms. The molecule has 0 amide bonds. The first-order chi connectivity index (χ1) is 19.8. The summed E-state index contributed by atoms with van der Waals surface area (Å²) in [7, 11) is 0. The molecule has 0 saturated carbocycles. The van der Waals surface area contributed by atoms with E-state index < -0.39 is 41.4 Å². The van der Waals surface area contributed by atoms with Gasteiger partial charge in [-0.15, -0.1) is 26.3 Å². The molecule has 42 heavy (non-hydrogen) atoms. The lowest BCUT2D eigenvalue weighted by Gasteiger charge is -2.17. The van der Waals surface area contributed by atoms with Gasteiger partial charge in [0.15, 0.2) is 0 Å². The number of alkyl halides is 6. The summed E-state index contributed by atoms with van der Waals surface area (Å²) in [4.78, 5) is 0. The monoisotopic (exact) mass is 584 g/mol. The highest BCUT2D eigenvalue weighted by atomic mass is 19.4. The van der Waals surface area contributed by atoms with E-state index in [9.17, 15) is 45.6 Å². The number of allylic oxidation sites excluding steroid dienone is 1. The molecule has 210 valence electrons. The van der Waals surface area contributed by atoms with E-state index in [0.717, 1.165) is 36.4 Å². The summed E-state index contributed by atoms with van der Waals surface area (Å²) >= 11 is 0. The van der Waals surface area contributed by atoms with Crippen LogP contribution in [0.4, 0.5) is 35.1 Å². The maximum absolute atomic E-state index is 14.1. The highest BCUT2D eigenvalue weighted by Crippen LogP contribution is 2.53. The van der Waals surface area contributed by atoms with Crippen LogP contribution in [0.2, 0.25) is 0 Å². The van der Waals surface area contributed by atoms with Gasteiger partial charge in [-0.1, -0.05) is 24.3 Å². The van der Waals surface area contributed by atoms with E-state index in [4.69, 9.17) is 0 Å². The van der Waals surface area contributed by atoms with Crippen LogP contribution in [0.25, 0.3) is 39.0 Å². The van der Waals surface area contributed by atoms with Crippen LogP contribution in [-0.4, -0.2) is 12.7 Å². The Labute approximate surface area is 231 Å². The molecule has 0 saturated heterocycles. The summed E-state index contributed by atoms with van der Waals surface area (Å²) in [6.45, 7) is 0. The van der Waals surface area contributed by atoms with Gasteiger partial charge in [0.05, 0.1) is 0 Å². The van der Waals surface area contributed by atoms with Crippen LogP contribution in [-0.2, 0) is 0 Å². The number of hydrogen-bond donors (Lipinski definition) is 0. The third kappa shape index (κ3) is 5.47. The number of fused-ring (bicyclic) bond motifs is 3. The molecule has 1 aliphatic carbocycles. The van der Waals surface area contributed by atoms with Crippen molar-refractivity contribution in [1.29, 1.82) is 10.5 Å². The molecule has 4 aromatic carbocycles. The van der Waals surface area contributed by atoms with E-state index >= 15 is 0 Å². The number of nitrogens with zero attached hydrogens (tertiary/aromatic N) is 2. The topological polar surface area (TPSA) is 66.0 Å². The minimum Gasteiger partial charge on any atom is -0.405 e. The average Bonchev–Trinajstić information content (AvgIpc) is 3.19. The van der Waals surface area contributed by atoms with Gasteiger partial charge in [-0.3, -0.25) is 0 Å². The average molecular weight is 584 g/mol. The van der Waals surface area contributed by atoms with Gasteiger partial charge in [0.2, 0.25) is 0 Å². The molecule has 0 fully saturated rings. The van der Waals surface area contributed by atoms with Gasteiger partial charge in [0, 0.05) is 16.7 Å². The standard InChI is InChI=1S/C30H12F8N2O2/c31-18-5-1-3-15(7-18)20-9-22-23-10-21(16-4-2-6-19(32)8-16)27(42-30(36,37)38)12-25(23)28(17(13-39)14-40)24(22)11-26(20)41-29(33,34)35/h1-12H. The lowest BCUT2D eigenvalue weighted by molar-refractivity contribution is -0.275. The van der Waals surface area contributed by atoms with Crippen molar-refractivity contribution in [2.24, 2.45) is 0 Å². The van der Waals surface area contributed by atoms with Gasteiger partial charge in [0.1, 0.15) is 40.8 Å². The van der Waals surface area contributed by atoms with E-state index in [1.807, 2.05) is 0 Å². The van der Waals surface area contributed by atoms with Crippen LogP contribution >= 0.6 is 0 Å². The molecule has 0 aromatic heterocycles. The van der Waals surface area contributed by atoms with Crippen molar-refractivity contribution in [3.8, 4) is 57.0 Å². The van der Waals surface area contributed by atoms with Gasteiger partial charge >= 0.3 is 12.7 Å². The Balaban J connectivity index is 1.89. The number of rotatable bonds is 4. The first-order valence-electron chi connectivity index (χ1n) is 11.7. The maximum Gasteiger partial charge on any atom is 0.573 e. The van der Waals surface area contributed by atoms with Crippen LogP contribution in [0.5, 0.6) is 11.5 Å². The lowest BCUT2D eigenvalue weighted by atomic mass is 9.95. The van der Waals surface area contributed by atoms with Crippen LogP contribution in [0.15, 0.2) is 78.4 Å². The quantitative estimate of drug-likeness (QED) is 0.156. The van der Waals surface area contributed by atoms with Crippen molar-refractivity contribution in [3.05, 3.63) is 101 Å². The van der Waals surface area contributed by atoms with Crippen molar-refractivity contribution in [1.82, 2.24) is 0 Å². The molecule has 5 rings (SSSR count). The van der Waals surface area contributed by atoms with Crippen molar-refractivity contribution >= 4 is 5.57 Å². The minimum absolute atomic E-state index is 0.0285. The molecule has 1 aliphatic rings. The van der Waals surface area contributed by atoms with Gasteiger partial charge in [0.25, 0.3) is 0 Å². The SMILES string of the molecule is N#CC(C#N)=C1c2cc(OC(F)(F)F)c(-c3cccc(F)c3)cc2-c2cc(-c3cccc(F)c3)c(OC(F)(F)F)cc21. The third-order valence-corrected chi connectivity index (χ3v) is 6.26.